The zero-order chi connectivity index (χ0) is 11.4. The van der Waals surface area contributed by atoms with E-state index in [9.17, 15) is 4.79 Å². The van der Waals surface area contributed by atoms with Crippen LogP contribution in [0.3, 0.4) is 0 Å². The van der Waals surface area contributed by atoms with Gasteiger partial charge >= 0.3 is 0 Å². The Labute approximate surface area is 91.7 Å². The average molecular weight is 211 g/mol. The number of carbonyl (C=O) groups excluding carboxylic acids is 1. The van der Waals surface area contributed by atoms with Crippen molar-refractivity contribution < 1.29 is 4.79 Å². The van der Waals surface area contributed by atoms with Gasteiger partial charge in [-0.15, -0.1) is 6.58 Å². The van der Waals surface area contributed by atoms with E-state index in [-0.39, 0.29) is 18.0 Å². The third-order valence-corrected chi connectivity index (χ3v) is 3.08. The van der Waals surface area contributed by atoms with E-state index in [4.69, 9.17) is 5.73 Å². The van der Waals surface area contributed by atoms with E-state index >= 15 is 0 Å². The first kappa shape index (κ1) is 12.2. The summed E-state index contributed by atoms with van der Waals surface area (Å²) in [6.45, 7) is 7.68. The minimum absolute atomic E-state index is 0.130. The van der Waals surface area contributed by atoms with Crippen LogP contribution >= 0.6 is 0 Å². The number of carbonyl (C=O) groups is 1. The molecule has 0 aromatic rings. The topological polar surface area (TPSA) is 49.6 Å². The van der Waals surface area contributed by atoms with Crippen LogP contribution in [-0.4, -0.2) is 54.5 Å². The Hall–Kier alpha value is -0.870. The lowest BCUT2D eigenvalue weighted by Crippen LogP contribution is -2.49. The van der Waals surface area contributed by atoms with Crippen molar-refractivity contribution in [3.8, 4) is 0 Å². The fourth-order valence-corrected chi connectivity index (χ4v) is 1.99. The summed E-state index contributed by atoms with van der Waals surface area (Å²) in [5.41, 5.74) is 5.64. The van der Waals surface area contributed by atoms with E-state index < -0.39 is 0 Å². The standard InChI is InChI=1S/C11H21N3O/c1-4-6-14-9(2)5-7-13(3)10(8-12)11(14)15/h4,9-10H,1,5-8,12H2,2-3H3. The predicted octanol–water partition coefficient (Wildman–Crippen LogP) is 0.0523. The first-order valence-corrected chi connectivity index (χ1v) is 5.43. The Morgan fingerprint density at radius 1 is 1.67 bits per heavy atom. The Bertz CT molecular complexity index is 242. The minimum Gasteiger partial charge on any atom is -0.335 e. The van der Waals surface area contributed by atoms with Crippen LogP contribution in [0.2, 0.25) is 0 Å². The summed E-state index contributed by atoms with van der Waals surface area (Å²) >= 11 is 0. The molecule has 0 spiro atoms. The van der Waals surface area contributed by atoms with E-state index in [0.29, 0.717) is 13.1 Å². The quantitative estimate of drug-likeness (QED) is 0.671. The Morgan fingerprint density at radius 2 is 2.33 bits per heavy atom. The third kappa shape index (κ3) is 2.58. The molecule has 0 saturated carbocycles. The molecule has 0 radical (unpaired) electrons. The molecular formula is C11H21N3O. The molecule has 1 rings (SSSR count). The van der Waals surface area contributed by atoms with Gasteiger partial charge < -0.3 is 10.6 Å². The molecule has 2 N–H and O–H groups in total. The maximum absolute atomic E-state index is 12.1. The van der Waals surface area contributed by atoms with Crippen molar-refractivity contribution in [1.82, 2.24) is 9.80 Å². The smallest absolute Gasteiger partial charge is 0.241 e. The molecule has 4 nitrogen and oxygen atoms in total. The van der Waals surface area contributed by atoms with Gasteiger partial charge in [-0.3, -0.25) is 9.69 Å². The van der Waals surface area contributed by atoms with Crippen LogP contribution in [0.1, 0.15) is 13.3 Å². The van der Waals surface area contributed by atoms with Crippen molar-refractivity contribution in [3.63, 3.8) is 0 Å². The molecule has 1 fully saturated rings. The monoisotopic (exact) mass is 211 g/mol. The molecule has 86 valence electrons. The Kier molecular flexibility index (Phi) is 4.29. The average Bonchev–Trinajstić information content (AvgIpc) is 2.31. The van der Waals surface area contributed by atoms with Crippen molar-refractivity contribution in [2.45, 2.75) is 25.4 Å². The van der Waals surface area contributed by atoms with Gasteiger partial charge in [0.2, 0.25) is 5.91 Å². The summed E-state index contributed by atoms with van der Waals surface area (Å²) < 4.78 is 0. The van der Waals surface area contributed by atoms with Gasteiger partial charge in [0.25, 0.3) is 0 Å². The molecule has 0 aromatic heterocycles. The summed E-state index contributed by atoms with van der Waals surface area (Å²) in [6, 6.07) is 0.101. The molecule has 1 saturated heterocycles. The number of nitrogens with two attached hydrogens (primary N) is 1. The largest absolute Gasteiger partial charge is 0.335 e. The molecule has 1 heterocycles. The maximum Gasteiger partial charge on any atom is 0.241 e. The summed E-state index contributed by atoms with van der Waals surface area (Å²) in [4.78, 5) is 16.1. The first-order valence-electron chi connectivity index (χ1n) is 5.43. The maximum atomic E-state index is 12.1. The van der Waals surface area contributed by atoms with E-state index in [1.165, 1.54) is 0 Å². The van der Waals surface area contributed by atoms with Crippen molar-refractivity contribution in [2.24, 2.45) is 5.73 Å². The zero-order valence-electron chi connectivity index (χ0n) is 9.65. The Morgan fingerprint density at radius 3 is 2.87 bits per heavy atom. The molecular weight excluding hydrogens is 190 g/mol. The molecule has 1 amide bonds. The second-order valence-electron chi connectivity index (χ2n) is 4.15. The van der Waals surface area contributed by atoms with Crippen LogP contribution in [-0.2, 0) is 4.79 Å². The second-order valence-corrected chi connectivity index (χ2v) is 4.15. The molecule has 1 aliphatic rings. The van der Waals surface area contributed by atoms with Gasteiger partial charge in [0.05, 0.1) is 0 Å². The second kappa shape index (κ2) is 5.28. The van der Waals surface area contributed by atoms with Gasteiger partial charge in [-0.05, 0) is 20.4 Å². The van der Waals surface area contributed by atoms with Gasteiger partial charge in [-0.25, -0.2) is 0 Å². The first-order chi connectivity index (χ1) is 7.11. The van der Waals surface area contributed by atoms with Gasteiger partial charge in [-0.1, -0.05) is 6.08 Å². The molecule has 2 unspecified atom stereocenters. The number of amides is 1. The number of rotatable bonds is 3. The number of hydrogen-bond acceptors (Lipinski definition) is 3. The van der Waals surface area contributed by atoms with Crippen LogP contribution in [0.25, 0.3) is 0 Å². The summed E-state index contributed by atoms with van der Waals surface area (Å²) in [5.74, 6) is 0.130. The number of nitrogens with zero attached hydrogens (tertiary/aromatic N) is 2. The summed E-state index contributed by atoms with van der Waals surface area (Å²) in [6.07, 6.45) is 2.76. The predicted molar refractivity (Wildman–Crippen MR) is 61.5 cm³/mol. The van der Waals surface area contributed by atoms with Crippen LogP contribution in [0.4, 0.5) is 0 Å². The highest BCUT2D eigenvalue weighted by Gasteiger charge is 2.32. The third-order valence-electron chi connectivity index (χ3n) is 3.08. The highest BCUT2D eigenvalue weighted by molar-refractivity contribution is 5.82. The summed E-state index contributed by atoms with van der Waals surface area (Å²) in [7, 11) is 1.96. The molecule has 4 heteroatoms. The molecule has 0 aromatic carbocycles. The zero-order valence-corrected chi connectivity index (χ0v) is 9.65. The van der Waals surface area contributed by atoms with Crippen molar-refractivity contribution in [2.75, 3.05) is 26.7 Å². The van der Waals surface area contributed by atoms with Crippen LogP contribution < -0.4 is 5.73 Å². The lowest BCUT2D eigenvalue weighted by Gasteiger charge is -2.29. The van der Waals surface area contributed by atoms with E-state index in [1.54, 1.807) is 6.08 Å². The number of hydrogen-bond donors (Lipinski definition) is 1. The van der Waals surface area contributed by atoms with E-state index in [1.807, 2.05) is 16.8 Å². The SMILES string of the molecule is C=CCN1C(=O)C(CN)N(C)CCC1C. The van der Waals surface area contributed by atoms with Crippen molar-refractivity contribution in [3.05, 3.63) is 12.7 Å². The molecule has 1 aliphatic heterocycles. The lowest BCUT2D eigenvalue weighted by atomic mass is 10.2. The van der Waals surface area contributed by atoms with Crippen LogP contribution in [0.5, 0.6) is 0 Å². The molecule has 15 heavy (non-hydrogen) atoms. The van der Waals surface area contributed by atoms with Crippen LogP contribution in [0.15, 0.2) is 12.7 Å². The Balaban J connectivity index is 2.84. The van der Waals surface area contributed by atoms with Crippen molar-refractivity contribution >= 4 is 5.91 Å². The molecule has 0 bridgehead atoms. The van der Waals surface area contributed by atoms with Gasteiger partial charge in [0, 0.05) is 25.7 Å². The highest BCUT2D eigenvalue weighted by Crippen LogP contribution is 2.14. The van der Waals surface area contributed by atoms with Crippen molar-refractivity contribution in [1.29, 1.82) is 0 Å². The summed E-state index contributed by atoms with van der Waals surface area (Å²) in [5, 5.41) is 0. The normalized spacial score (nSPS) is 29.0. The fraction of sp³-hybridized carbons (Fsp3) is 0.727. The molecule has 0 aliphatic carbocycles. The van der Waals surface area contributed by atoms with Gasteiger partial charge in [0.15, 0.2) is 0 Å². The van der Waals surface area contributed by atoms with E-state index in [2.05, 4.69) is 13.5 Å². The molecule has 2 atom stereocenters. The fourth-order valence-electron chi connectivity index (χ4n) is 1.99. The highest BCUT2D eigenvalue weighted by atomic mass is 16.2. The van der Waals surface area contributed by atoms with Crippen LogP contribution in [0, 0.1) is 0 Å². The van der Waals surface area contributed by atoms with Gasteiger partial charge in [0.1, 0.15) is 6.04 Å². The lowest BCUT2D eigenvalue weighted by molar-refractivity contribution is -0.135. The minimum atomic E-state index is -0.171. The van der Waals surface area contributed by atoms with E-state index in [0.717, 1.165) is 13.0 Å². The number of likely N-dealkylation sites (N-methyl/N-ethyl adjacent to an activating group) is 1. The van der Waals surface area contributed by atoms with Gasteiger partial charge in [-0.2, -0.15) is 0 Å².